The lowest BCUT2D eigenvalue weighted by Gasteiger charge is -2.30. The van der Waals surface area contributed by atoms with Gasteiger partial charge in [-0.15, -0.1) is 0 Å². The van der Waals surface area contributed by atoms with Crippen LogP contribution < -0.4 is 11.1 Å². The Balaban J connectivity index is 2.61. The molecule has 0 radical (unpaired) electrons. The summed E-state index contributed by atoms with van der Waals surface area (Å²) in [6, 6.07) is -0.940. The zero-order chi connectivity index (χ0) is 13.1. The van der Waals surface area contributed by atoms with E-state index in [-0.39, 0.29) is 12.5 Å². The van der Waals surface area contributed by atoms with E-state index in [9.17, 15) is 14.7 Å². The summed E-state index contributed by atoms with van der Waals surface area (Å²) in [7, 11) is 1.59. The first-order valence-electron chi connectivity index (χ1n) is 5.82. The highest BCUT2D eigenvalue weighted by atomic mass is 16.3. The number of nitrogens with one attached hydrogen (secondary N) is 1. The molecule has 0 saturated carbocycles. The molecule has 0 bridgehead atoms. The molecule has 98 valence electrons. The van der Waals surface area contributed by atoms with E-state index in [0.717, 1.165) is 25.7 Å². The van der Waals surface area contributed by atoms with Crippen molar-refractivity contribution < 1.29 is 14.7 Å². The summed E-state index contributed by atoms with van der Waals surface area (Å²) in [5.74, 6) is -0.352. The van der Waals surface area contributed by atoms with Gasteiger partial charge in [-0.25, -0.2) is 0 Å². The molecule has 1 fully saturated rings. The minimum Gasteiger partial charge on any atom is -0.391 e. The standard InChI is InChI=1S/C11H21N3O3/c1-8(16)9(12)10(17)14(2)6-11(7-15)4-3-5-13-11/h7-9,13,16H,3-6,12H2,1-2H3/t8?,9?,11-/m0/s1. The number of hydrogen-bond acceptors (Lipinski definition) is 5. The molecule has 1 aliphatic rings. The fourth-order valence-electron chi connectivity index (χ4n) is 2.06. The molecule has 0 aliphatic carbocycles. The maximum Gasteiger partial charge on any atom is 0.241 e. The normalized spacial score (nSPS) is 27.5. The number of amides is 1. The number of likely N-dealkylation sites (N-methyl/N-ethyl adjacent to an activating group) is 1. The number of aliphatic hydroxyl groups is 1. The second-order valence-corrected chi connectivity index (χ2v) is 4.77. The van der Waals surface area contributed by atoms with Gasteiger partial charge in [-0.2, -0.15) is 0 Å². The zero-order valence-electron chi connectivity index (χ0n) is 10.3. The number of carbonyl (C=O) groups is 2. The fourth-order valence-corrected chi connectivity index (χ4v) is 2.06. The van der Waals surface area contributed by atoms with Gasteiger partial charge in [0.2, 0.25) is 5.91 Å². The summed E-state index contributed by atoms with van der Waals surface area (Å²) in [5, 5.41) is 12.4. The van der Waals surface area contributed by atoms with Crippen LogP contribution in [0.1, 0.15) is 19.8 Å². The Morgan fingerprint density at radius 2 is 2.35 bits per heavy atom. The van der Waals surface area contributed by atoms with E-state index < -0.39 is 17.7 Å². The SMILES string of the molecule is CC(O)C(N)C(=O)N(C)C[C@]1(C=O)CCCN1. The molecule has 3 atom stereocenters. The van der Waals surface area contributed by atoms with Crippen molar-refractivity contribution in [2.24, 2.45) is 5.73 Å². The Morgan fingerprint density at radius 1 is 1.71 bits per heavy atom. The van der Waals surface area contributed by atoms with E-state index in [1.165, 1.54) is 11.8 Å². The molecule has 1 rings (SSSR count). The summed E-state index contributed by atoms with van der Waals surface area (Å²) < 4.78 is 0. The molecule has 0 spiro atoms. The minimum absolute atomic E-state index is 0.287. The maximum absolute atomic E-state index is 11.8. The van der Waals surface area contributed by atoms with E-state index >= 15 is 0 Å². The van der Waals surface area contributed by atoms with Crippen molar-refractivity contribution in [1.29, 1.82) is 0 Å². The molecule has 1 aliphatic heterocycles. The molecule has 0 aromatic carbocycles. The van der Waals surface area contributed by atoms with Gasteiger partial charge in [-0.3, -0.25) is 4.79 Å². The number of nitrogens with two attached hydrogens (primary N) is 1. The summed E-state index contributed by atoms with van der Waals surface area (Å²) in [4.78, 5) is 24.3. The van der Waals surface area contributed by atoms with Crippen molar-refractivity contribution in [2.45, 2.75) is 37.5 Å². The quantitative estimate of drug-likeness (QED) is 0.509. The predicted octanol–water partition coefficient (Wildman–Crippen LogP) is -1.53. The average Bonchev–Trinajstić information content (AvgIpc) is 2.76. The third-order valence-corrected chi connectivity index (χ3v) is 3.20. The van der Waals surface area contributed by atoms with E-state index in [4.69, 9.17) is 5.73 Å². The van der Waals surface area contributed by atoms with E-state index in [0.29, 0.717) is 0 Å². The van der Waals surface area contributed by atoms with Gasteiger partial charge in [0.25, 0.3) is 0 Å². The van der Waals surface area contributed by atoms with Crippen molar-refractivity contribution in [1.82, 2.24) is 10.2 Å². The van der Waals surface area contributed by atoms with Gasteiger partial charge in [0, 0.05) is 13.6 Å². The van der Waals surface area contributed by atoms with Crippen molar-refractivity contribution in [3.8, 4) is 0 Å². The predicted molar refractivity (Wildman–Crippen MR) is 63.3 cm³/mol. The van der Waals surface area contributed by atoms with Gasteiger partial charge in [0.1, 0.15) is 12.3 Å². The third-order valence-electron chi connectivity index (χ3n) is 3.20. The van der Waals surface area contributed by atoms with Crippen LogP contribution in [0.5, 0.6) is 0 Å². The lowest BCUT2D eigenvalue weighted by atomic mass is 9.98. The molecule has 0 aromatic heterocycles. The summed E-state index contributed by atoms with van der Waals surface area (Å²) >= 11 is 0. The number of aliphatic hydroxyl groups excluding tert-OH is 1. The molecular weight excluding hydrogens is 222 g/mol. The summed E-state index contributed by atoms with van der Waals surface area (Å²) in [5.41, 5.74) is 4.92. The molecule has 1 amide bonds. The fraction of sp³-hybridized carbons (Fsp3) is 0.818. The van der Waals surface area contributed by atoms with Crippen molar-refractivity contribution in [2.75, 3.05) is 20.1 Å². The van der Waals surface area contributed by atoms with Crippen LogP contribution in [0.4, 0.5) is 0 Å². The first-order chi connectivity index (χ1) is 7.92. The van der Waals surface area contributed by atoms with Crippen LogP contribution in [0.3, 0.4) is 0 Å². The molecule has 1 saturated heterocycles. The first kappa shape index (κ1) is 14.1. The lowest BCUT2D eigenvalue weighted by molar-refractivity contribution is -0.134. The molecule has 17 heavy (non-hydrogen) atoms. The van der Waals surface area contributed by atoms with Crippen molar-refractivity contribution in [3.63, 3.8) is 0 Å². The molecule has 6 nitrogen and oxygen atoms in total. The van der Waals surface area contributed by atoms with Crippen molar-refractivity contribution in [3.05, 3.63) is 0 Å². The Kier molecular flexibility index (Phi) is 4.62. The van der Waals surface area contributed by atoms with E-state index in [1.807, 2.05) is 0 Å². The third kappa shape index (κ3) is 3.24. The largest absolute Gasteiger partial charge is 0.391 e. The van der Waals surface area contributed by atoms with Crippen LogP contribution >= 0.6 is 0 Å². The molecule has 0 aromatic rings. The van der Waals surface area contributed by atoms with Gasteiger partial charge in [0.05, 0.1) is 11.6 Å². The van der Waals surface area contributed by atoms with E-state index in [2.05, 4.69) is 5.32 Å². The monoisotopic (exact) mass is 243 g/mol. The zero-order valence-corrected chi connectivity index (χ0v) is 10.3. The van der Waals surface area contributed by atoms with Gasteiger partial charge in [0.15, 0.2) is 0 Å². The van der Waals surface area contributed by atoms with Gasteiger partial charge in [-0.05, 0) is 26.3 Å². The highest BCUT2D eigenvalue weighted by molar-refractivity contribution is 5.82. The number of aldehydes is 1. The highest BCUT2D eigenvalue weighted by Crippen LogP contribution is 2.18. The lowest BCUT2D eigenvalue weighted by Crippen LogP contribution is -2.55. The second kappa shape index (κ2) is 5.57. The van der Waals surface area contributed by atoms with Crippen LogP contribution in [-0.4, -0.2) is 60.0 Å². The minimum atomic E-state index is -0.940. The van der Waals surface area contributed by atoms with Crippen LogP contribution in [0, 0.1) is 0 Å². The van der Waals surface area contributed by atoms with Crippen LogP contribution in [0.2, 0.25) is 0 Å². The summed E-state index contributed by atoms with van der Waals surface area (Å²) in [6.07, 6.45) is 1.60. The Hall–Kier alpha value is -0.980. The Bertz CT molecular complexity index is 288. The highest BCUT2D eigenvalue weighted by Gasteiger charge is 2.36. The van der Waals surface area contributed by atoms with Crippen LogP contribution in [-0.2, 0) is 9.59 Å². The number of hydrogen-bond donors (Lipinski definition) is 3. The van der Waals surface area contributed by atoms with E-state index in [1.54, 1.807) is 7.05 Å². The topological polar surface area (TPSA) is 95.7 Å². The molecule has 4 N–H and O–H groups in total. The molecular formula is C11H21N3O3. The maximum atomic E-state index is 11.8. The number of carbonyl (C=O) groups excluding carboxylic acids is 2. The van der Waals surface area contributed by atoms with Gasteiger partial charge in [-0.1, -0.05) is 0 Å². The van der Waals surface area contributed by atoms with Gasteiger partial charge >= 0.3 is 0 Å². The Morgan fingerprint density at radius 3 is 2.76 bits per heavy atom. The Labute approximate surface area is 101 Å². The average molecular weight is 243 g/mol. The van der Waals surface area contributed by atoms with Crippen LogP contribution in [0.25, 0.3) is 0 Å². The second-order valence-electron chi connectivity index (χ2n) is 4.77. The molecule has 1 heterocycles. The van der Waals surface area contributed by atoms with Gasteiger partial charge < -0.3 is 25.9 Å². The number of rotatable bonds is 5. The number of nitrogens with zero attached hydrogens (tertiary/aromatic N) is 1. The molecule has 2 unspecified atom stereocenters. The molecule has 6 heteroatoms. The van der Waals surface area contributed by atoms with Crippen molar-refractivity contribution >= 4 is 12.2 Å². The first-order valence-corrected chi connectivity index (χ1v) is 5.82. The van der Waals surface area contributed by atoms with Crippen LogP contribution in [0.15, 0.2) is 0 Å². The summed E-state index contributed by atoms with van der Waals surface area (Å²) in [6.45, 7) is 2.54. The smallest absolute Gasteiger partial charge is 0.241 e.